The maximum absolute atomic E-state index is 10.4. The standard InChI is InChI=1S/C25H28N4O3/c1-25(2,14-18-9-11-20(12-10-18)32-24-8-3-4-13-26-24)27-15-19(30)17-31-23-7-5-6-22-21(23)16-28-29-22/h3-13,16,19,27,30H,14-15,17H2,1-2H3,(H,28,29)/t19-/m0/s1. The number of hydrogen-bond donors (Lipinski definition) is 3. The van der Waals surface area contributed by atoms with Crippen molar-refractivity contribution in [1.29, 1.82) is 0 Å². The van der Waals surface area contributed by atoms with Gasteiger partial charge in [-0.3, -0.25) is 5.10 Å². The monoisotopic (exact) mass is 432 g/mol. The minimum absolute atomic E-state index is 0.199. The SMILES string of the molecule is CC(C)(Cc1ccc(Oc2ccccn2)cc1)NC[C@H](O)COc1cccc2[nH]ncc12. The van der Waals surface area contributed by atoms with Crippen LogP contribution in [0.3, 0.4) is 0 Å². The molecule has 0 radical (unpaired) electrons. The van der Waals surface area contributed by atoms with Crippen LogP contribution in [0.5, 0.6) is 17.4 Å². The molecule has 0 unspecified atom stereocenters. The summed E-state index contributed by atoms with van der Waals surface area (Å²) in [5.41, 5.74) is 1.88. The van der Waals surface area contributed by atoms with Gasteiger partial charge in [-0.05, 0) is 56.2 Å². The van der Waals surface area contributed by atoms with E-state index in [2.05, 4.69) is 34.3 Å². The lowest BCUT2D eigenvalue weighted by Crippen LogP contribution is -2.46. The average molecular weight is 433 g/mol. The number of rotatable bonds is 10. The second kappa shape index (κ2) is 9.80. The molecular formula is C25H28N4O3. The summed E-state index contributed by atoms with van der Waals surface area (Å²) in [6, 6.07) is 19.3. The molecule has 0 saturated carbocycles. The number of H-pyrrole nitrogens is 1. The molecule has 0 aliphatic heterocycles. The van der Waals surface area contributed by atoms with E-state index < -0.39 is 6.10 Å². The van der Waals surface area contributed by atoms with Crippen LogP contribution in [0.25, 0.3) is 10.9 Å². The van der Waals surface area contributed by atoms with Gasteiger partial charge >= 0.3 is 0 Å². The second-order valence-corrected chi connectivity index (χ2v) is 8.41. The first-order valence-electron chi connectivity index (χ1n) is 10.6. The van der Waals surface area contributed by atoms with E-state index in [-0.39, 0.29) is 12.1 Å². The van der Waals surface area contributed by atoms with Gasteiger partial charge in [0.25, 0.3) is 0 Å². The normalized spacial score (nSPS) is 12.6. The van der Waals surface area contributed by atoms with Gasteiger partial charge in [-0.25, -0.2) is 4.98 Å². The summed E-state index contributed by atoms with van der Waals surface area (Å²) in [6.07, 6.45) is 3.60. The van der Waals surface area contributed by atoms with Crippen LogP contribution < -0.4 is 14.8 Å². The number of aromatic amines is 1. The highest BCUT2D eigenvalue weighted by molar-refractivity contribution is 5.84. The predicted molar refractivity (Wildman–Crippen MR) is 124 cm³/mol. The maximum Gasteiger partial charge on any atom is 0.219 e. The van der Waals surface area contributed by atoms with Crippen LogP contribution in [0.15, 0.2) is 73.1 Å². The van der Waals surface area contributed by atoms with Gasteiger partial charge in [-0.2, -0.15) is 5.10 Å². The van der Waals surface area contributed by atoms with E-state index in [1.165, 1.54) is 5.56 Å². The fraction of sp³-hybridized carbons (Fsp3) is 0.280. The minimum atomic E-state index is -0.634. The molecule has 2 aromatic carbocycles. The fourth-order valence-electron chi connectivity index (χ4n) is 3.48. The molecule has 0 amide bonds. The molecule has 0 aliphatic rings. The molecule has 1 atom stereocenters. The number of β-amino-alcohol motifs (C(OH)–C–C–N with tert-alkyl or cyclic N) is 1. The average Bonchev–Trinajstić information content (AvgIpc) is 3.28. The summed E-state index contributed by atoms with van der Waals surface area (Å²) < 4.78 is 11.6. The molecular weight excluding hydrogens is 404 g/mol. The summed E-state index contributed by atoms with van der Waals surface area (Å²) in [5, 5.41) is 21.7. The maximum atomic E-state index is 10.4. The summed E-state index contributed by atoms with van der Waals surface area (Å²) in [4.78, 5) is 4.17. The van der Waals surface area contributed by atoms with E-state index in [1.54, 1.807) is 12.4 Å². The molecule has 32 heavy (non-hydrogen) atoms. The highest BCUT2D eigenvalue weighted by atomic mass is 16.5. The molecule has 0 saturated heterocycles. The largest absolute Gasteiger partial charge is 0.490 e. The van der Waals surface area contributed by atoms with Gasteiger partial charge in [0, 0.05) is 24.3 Å². The number of hydrogen-bond acceptors (Lipinski definition) is 6. The molecule has 0 spiro atoms. The van der Waals surface area contributed by atoms with Crippen molar-refractivity contribution in [3.63, 3.8) is 0 Å². The van der Waals surface area contributed by atoms with E-state index >= 15 is 0 Å². The molecule has 3 N–H and O–H groups in total. The van der Waals surface area contributed by atoms with Gasteiger partial charge in [0.15, 0.2) is 0 Å². The molecule has 2 aromatic heterocycles. The van der Waals surface area contributed by atoms with Crippen molar-refractivity contribution in [2.24, 2.45) is 0 Å². The van der Waals surface area contributed by atoms with Crippen molar-refractivity contribution in [2.45, 2.75) is 31.9 Å². The molecule has 166 valence electrons. The third-order valence-electron chi connectivity index (χ3n) is 5.12. The summed E-state index contributed by atoms with van der Waals surface area (Å²) in [5.74, 6) is 2.03. The van der Waals surface area contributed by atoms with E-state index in [0.717, 1.165) is 23.1 Å². The van der Waals surface area contributed by atoms with Crippen molar-refractivity contribution >= 4 is 10.9 Å². The quantitative estimate of drug-likeness (QED) is 0.349. The second-order valence-electron chi connectivity index (χ2n) is 8.41. The van der Waals surface area contributed by atoms with Crippen LogP contribution in [0, 0.1) is 0 Å². The highest BCUT2D eigenvalue weighted by Gasteiger charge is 2.20. The van der Waals surface area contributed by atoms with Crippen molar-refractivity contribution in [3.8, 4) is 17.4 Å². The Labute approximate surface area is 187 Å². The topological polar surface area (TPSA) is 92.3 Å². The number of nitrogens with zero attached hydrogens (tertiary/aromatic N) is 2. The van der Waals surface area contributed by atoms with Crippen LogP contribution in [-0.4, -0.2) is 45.1 Å². The molecule has 4 rings (SSSR count). The van der Waals surface area contributed by atoms with E-state index in [1.807, 2.05) is 60.7 Å². The smallest absolute Gasteiger partial charge is 0.219 e. The Bertz CT molecular complexity index is 1130. The lowest BCUT2D eigenvalue weighted by Gasteiger charge is -2.28. The van der Waals surface area contributed by atoms with Crippen molar-refractivity contribution in [2.75, 3.05) is 13.2 Å². The van der Waals surface area contributed by atoms with Crippen LogP contribution in [-0.2, 0) is 6.42 Å². The van der Waals surface area contributed by atoms with Crippen molar-refractivity contribution in [1.82, 2.24) is 20.5 Å². The zero-order chi connectivity index (χ0) is 22.4. The zero-order valence-electron chi connectivity index (χ0n) is 18.3. The lowest BCUT2D eigenvalue weighted by atomic mass is 9.94. The Morgan fingerprint density at radius 2 is 1.91 bits per heavy atom. The van der Waals surface area contributed by atoms with Gasteiger partial charge in [-0.1, -0.05) is 24.3 Å². The van der Waals surface area contributed by atoms with Gasteiger partial charge in [0.05, 0.1) is 17.1 Å². The lowest BCUT2D eigenvalue weighted by molar-refractivity contribution is 0.0996. The molecule has 7 nitrogen and oxygen atoms in total. The van der Waals surface area contributed by atoms with E-state index in [0.29, 0.717) is 18.2 Å². The number of nitrogens with one attached hydrogen (secondary N) is 2. The molecule has 7 heteroatoms. The van der Waals surface area contributed by atoms with E-state index in [9.17, 15) is 5.11 Å². The molecule has 0 fully saturated rings. The number of benzene rings is 2. The zero-order valence-corrected chi connectivity index (χ0v) is 18.3. The number of aliphatic hydroxyl groups is 1. The van der Waals surface area contributed by atoms with E-state index in [4.69, 9.17) is 9.47 Å². The third-order valence-corrected chi connectivity index (χ3v) is 5.12. The van der Waals surface area contributed by atoms with Crippen LogP contribution in [0.4, 0.5) is 0 Å². The number of fused-ring (bicyclic) bond motifs is 1. The predicted octanol–water partition coefficient (Wildman–Crippen LogP) is 4.10. The molecule has 0 aliphatic carbocycles. The van der Waals surface area contributed by atoms with Gasteiger partial charge in [-0.15, -0.1) is 0 Å². The first-order chi connectivity index (χ1) is 15.5. The molecule has 2 heterocycles. The van der Waals surface area contributed by atoms with Gasteiger partial charge in [0.2, 0.25) is 5.88 Å². The Hall–Kier alpha value is -3.42. The molecule has 4 aromatic rings. The first kappa shape index (κ1) is 21.8. The number of aromatic nitrogens is 3. The van der Waals surface area contributed by atoms with Crippen molar-refractivity contribution in [3.05, 3.63) is 78.6 Å². The highest BCUT2D eigenvalue weighted by Crippen LogP contribution is 2.24. The minimum Gasteiger partial charge on any atom is -0.490 e. The van der Waals surface area contributed by atoms with Crippen LogP contribution in [0.2, 0.25) is 0 Å². The Morgan fingerprint density at radius 1 is 1.06 bits per heavy atom. The Morgan fingerprint density at radius 3 is 2.69 bits per heavy atom. The summed E-state index contributed by atoms with van der Waals surface area (Å²) in [7, 11) is 0. The van der Waals surface area contributed by atoms with Gasteiger partial charge in [0.1, 0.15) is 24.2 Å². The Kier molecular flexibility index (Phi) is 6.68. The number of ether oxygens (including phenoxy) is 2. The Balaban J connectivity index is 1.25. The summed E-state index contributed by atoms with van der Waals surface area (Å²) >= 11 is 0. The van der Waals surface area contributed by atoms with Crippen LogP contribution >= 0.6 is 0 Å². The first-order valence-corrected chi connectivity index (χ1v) is 10.6. The third kappa shape index (κ3) is 5.84. The van der Waals surface area contributed by atoms with Crippen molar-refractivity contribution < 1.29 is 14.6 Å². The fourth-order valence-corrected chi connectivity index (χ4v) is 3.48. The number of pyridine rings is 1. The van der Waals surface area contributed by atoms with Crippen LogP contribution in [0.1, 0.15) is 19.4 Å². The number of aliphatic hydroxyl groups excluding tert-OH is 1. The van der Waals surface area contributed by atoms with Gasteiger partial charge < -0.3 is 19.9 Å². The summed E-state index contributed by atoms with van der Waals surface area (Å²) in [6.45, 7) is 4.86. The molecule has 0 bridgehead atoms.